The average Bonchev–Trinajstić information content (AvgIpc) is 2.30. The van der Waals surface area contributed by atoms with Gasteiger partial charge >= 0.3 is 0 Å². The number of rotatable bonds is 5. The summed E-state index contributed by atoms with van der Waals surface area (Å²) in [5.41, 5.74) is 2.92. The summed E-state index contributed by atoms with van der Waals surface area (Å²) in [6.45, 7) is 9.85. The van der Waals surface area contributed by atoms with Crippen molar-refractivity contribution >= 4 is 15.9 Å². The molecule has 90 valence electrons. The molecule has 0 spiro atoms. The van der Waals surface area contributed by atoms with E-state index in [4.69, 9.17) is 0 Å². The molecule has 0 aromatic heterocycles. The molecule has 1 aromatic rings. The molecule has 0 saturated carbocycles. The fraction of sp³-hybridized carbons (Fsp3) is 0.571. The minimum absolute atomic E-state index is 0.265. The van der Waals surface area contributed by atoms with Crippen LogP contribution in [0.4, 0.5) is 0 Å². The van der Waals surface area contributed by atoms with Gasteiger partial charge in [0.05, 0.1) is 0 Å². The van der Waals surface area contributed by atoms with Crippen molar-refractivity contribution in [2.24, 2.45) is 0 Å². The summed E-state index contributed by atoms with van der Waals surface area (Å²) < 4.78 is 1.19. The van der Waals surface area contributed by atoms with Gasteiger partial charge in [0.2, 0.25) is 0 Å². The zero-order chi connectivity index (χ0) is 12.2. The number of aryl methyl sites for hydroxylation is 1. The lowest BCUT2D eigenvalue weighted by molar-refractivity contribution is 0.329. The standard InChI is InChI=1S/C14H22BrN/c1-5-14(4,6-2)16-10-12-7-8-13(15)11(3)9-12/h7-9,16H,5-6,10H2,1-4H3. The van der Waals surface area contributed by atoms with Crippen molar-refractivity contribution in [3.63, 3.8) is 0 Å². The van der Waals surface area contributed by atoms with Crippen LogP contribution in [0, 0.1) is 6.92 Å². The summed E-state index contributed by atoms with van der Waals surface area (Å²) in [6.07, 6.45) is 2.33. The first-order valence-corrected chi connectivity index (χ1v) is 6.80. The number of halogens is 1. The van der Waals surface area contributed by atoms with Crippen molar-refractivity contribution in [1.82, 2.24) is 5.32 Å². The Hall–Kier alpha value is -0.340. The maximum Gasteiger partial charge on any atom is 0.0210 e. The van der Waals surface area contributed by atoms with E-state index in [1.54, 1.807) is 0 Å². The lowest BCUT2D eigenvalue weighted by atomic mass is 9.95. The molecule has 0 atom stereocenters. The van der Waals surface area contributed by atoms with Gasteiger partial charge in [-0.15, -0.1) is 0 Å². The summed E-state index contributed by atoms with van der Waals surface area (Å²) in [7, 11) is 0. The Morgan fingerprint density at radius 3 is 2.38 bits per heavy atom. The van der Waals surface area contributed by atoms with E-state index < -0.39 is 0 Å². The lowest BCUT2D eigenvalue weighted by Gasteiger charge is -2.28. The third-order valence-corrected chi connectivity index (χ3v) is 4.39. The molecule has 1 rings (SSSR count). The second-order valence-corrected chi connectivity index (χ2v) is 5.56. The van der Waals surface area contributed by atoms with Gasteiger partial charge in [-0.25, -0.2) is 0 Å². The molecule has 0 amide bonds. The van der Waals surface area contributed by atoms with Gasteiger partial charge in [0.25, 0.3) is 0 Å². The van der Waals surface area contributed by atoms with E-state index in [1.165, 1.54) is 28.4 Å². The van der Waals surface area contributed by atoms with E-state index in [1.807, 2.05) is 0 Å². The third-order valence-electron chi connectivity index (χ3n) is 3.50. The van der Waals surface area contributed by atoms with E-state index >= 15 is 0 Å². The molecule has 1 nitrogen and oxygen atoms in total. The van der Waals surface area contributed by atoms with Gasteiger partial charge in [-0.3, -0.25) is 0 Å². The van der Waals surface area contributed by atoms with Crippen LogP contribution in [0.15, 0.2) is 22.7 Å². The Bertz CT molecular complexity index is 343. The van der Waals surface area contributed by atoms with E-state index in [0.29, 0.717) is 0 Å². The highest BCUT2D eigenvalue weighted by Gasteiger charge is 2.17. The fourth-order valence-corrected chi connectivity index (χ4v) is 1.88. The van der Waals surface area contributed by atoms with Crippen molar-refractivity contribution in [2.75, 3.05) is 0 Å². The number of nitrogens with one attached hydrogen (secondary N) is 1. The van der Waals surface area contributed by atoms with Crippen LogP contribution in [0.2, 0.25) is 0 Å². The smallest absolute Gasteiger partial charge is 0.0210 e. The zero-order valence-corrected chi connectivity index (χ0v) is 12.3. The molecule has 0 saturated heterocycles. The van der Waals surface area contributed by atoms with Gasteiger partial charge in [0.1, 0.15) is 0 Å². The first kappa shape index (κ1) is 13.7. The molecule has 2 heteroatoms. The van der Waals surface area contributed by atoms with Crippen molar-refractivity contribution < 1.29 is 0 Å². The highest BCUT2D eigenvalue weighted by atomic mass is 79.9. The monoisotopic (exact) mass is 283 g/mol. The van der Waals surface area contributed by atoms with Gasteiger partial charge in [0.15, 0.2) is 0 Å². The minimum atomic E-state index is 0.265. The first-order valence-electron chi connectivity index (χ1n) is 6.01. The minimum Gasteiger partial charge on any atom is -0.307 e. The van der Waals surface area contributed by atoms with Crippen LogP contribution < -0.4 is 5.32 Å². The second-order valence-electron chi connectivity index (χ2n) is 4.70. The van der Waals surface area contributed by atoms with Gasteiger partial charge < -0.3 is 5.32 Å². The van der Waals surface area contributed by atoms with E-state index in [0.717, 1.165) is 6.54 Å². The number of hydrogen-bond donors (Lipinski definition) is 1. The van der Waals surface area contributed by atoms with Crippen LogP contribution in [0.5, 0.6) is 0 Å². The Morgan fingerprint density at radius 2 is 1.88 bits per heavy atom. The van der Waals surface area contributed by atoms with Crippen LogP contribution in [-0.2, 0) is 6.54 Å². The molecule has 1 N–H and O–H groups in total. The molecule has 0 radical (unpaired) electrons. The third kappa shape index (κ3) is 3.60. The molecule has 0 aliphatic heterocycles. The Morgan fingerprint density at radius 1 is 1.25 bits per heavy atom. The largest absolute Gasteiger partial charge is 0.307 e. The van der Waals surface area contributed by atoms with E-state index in [9.17, 15) is 0 Å². The van der Waals surface area contributed by atoms with Crippen molar-refractivity contribution in [1.29, 1.82) is 0 Å². The summed E-state index contributed by atoms with van der Waals surface area (Å²) in [5, 5.41) is 3.64. The molecule has 1 aromatic carbocycles. The normalized spacial score (nSPS) is 11.8. The molecular formula is C14H22BrN. The fourth-order valence-electron chi connectivity index (χ4n) is 1.63. The summed E-state index contributed by atoms with van der Waals surface area (Å²) in [4.78, 5) is 0. The van der Waals surface area contributed by atoms with Gasteiger partial charge in [-0.2, -0.15) is 0 Å². The average molecular weight is 284 g/mol. The molecule has 0 unspecified atom stereocenters. The van der Waals surface area contributed by atoms with Crippen LogP contribution in [0.1, 0.15) is 44.7 Å². The molecule has 16 heavy (non-hydrogen) atoms. The summed E-state index contributed by atoms with van der Waals surface area (Å²) in [6, 6.07) is 6.54. The van der Waals surface area contributed by atoms with Crippen LogP contribution in [-0.4, -0.2) is 5.54 Å². The summed E-state index contributed by atoms with van der Waals surface area (Å²) >= 11 is 3.53. The predicted molar refractivity (Wildman–Crippen MR) is 74.7 cm³/mol. The number of benzene rings is 1. The van der Waals surface area contributed by atoms with Gasteiger partial charge in [-0.05, 0) is 43.9 Å². The van der Waals surface area contributed by atoms with Crippen LogP contribution in [0.3, 0.4) is 0 Å². The van der Waals surface area contributed by atoms with Crippen molar-refractivity contribution in [3.8, 4) is 0 Å². The Balaban J connectivity index is 2.64. The highest BCUT2D eigenvalue weighted by molar-refractivity contribution is 9.10. The van der Waals surface area contributed by atoms with E-state index in [2.05, 4.69) is 67.1 Å². The molecule has 0 aliphatic carbocycles. The number of hydrogen-bond acceptors (Lipinski definition) is 1. The lowest BCUT2D eigenvalue weighted by Crippen LogP contribution is -2.40. The second kappa shape index (κ2) is 5.83. The van der Waals surface area contributed by atoms with Crippen molar-refractivity contribution in [2.45, 2.75) is 52.6 Å². The Kier molecular flexibility index (Phi) is 5.00. The maximum atomic E-state index is 3.64. The SMILES string of the molecule is CCC(C)(CC)NCc1ccc(Br)c(C)c1. The zero-order valence-electron chi connectivity index (χ0n) is 10.7. The topological polar surface area (TPSA) is 12.0 Å². The molecule has 0 heterocycles. The van der Waals surface area contributed by atoms with Crippen LogP contribution in [0.25, 0.3) is 0 Å². The molecular weight excluding hydrogens is 262 g/mol. The van der Waals surface area contributed by atoms with Gasteiger partial charge in [0, 0.05) is 16.6 Å². The quantitative estimate of drug-likeness (QED) is 0.843. The molecule has 0 bridgehead atoms. The maximum absolute atomic E-state index is 3.64. The highest BCUT2D eigenvalue weighted by Crippen LogP contribution is 2.19. The van der Waals surface area contributed by atoms with Gasteiger partial charge in [-0.1, -0.05) is 41.9 Å². The predicted octanol–water partition coefficient (Wildman–Crippen LogP) is 4.43. The Labute approximate surface area is 108 Å². The first-order chi connectivity index (χ1) is 7.50. The molecule has 0 aliphatic rings. The molecule has 0 fully saturated rings. The van der Waals surface area contributed by atoms with Crippen molar-refractivity contribution in [3.05, 3.63) is 33.8 Å². The van der Waals surface area contributed by atoms with E-state index in [-0.39, 0.29) is 5.54 Å². The summed E-state index contributed by atoms with van der Waals surface area (Å²) in [5.74, 6) is 0. The van der Waals surface area contributed by atoms with Crippen LogP contribution >= 0.6 is 15.9 Å².